The molecule has 0 aliphatic rings. The lowest BCUT2D eigenvalue weighted by Gasteiger charge is -2.25. The summed E-state index contributed by atoms with van der Waals surface area (Å²) in [5, 5.41) is 0. The molecule has 0 spiro atoms. The topological polar surface area (TPSA) is 0 Å². The number of hydrogen-bond acceptors (Lipinski definition) is 6. The third-order valence-corrected chi connectivity index (χ3v) is 31.6. The average Bonchev–Trinajstić information content (AvgIpc) is 0.769. The summed E-state index contributed by atoms with van der Waals surface area (Å²) in [5.41, 5.74) is 0. The van der Waals surface area contributed by atoms with Gasteiger partial charge in [-0.2, -0.15) is 0 Å². The van der Waals surface area contributed by atoms with Crippen molar-refractivity contribution in [2.75, 3.05) is 34.5 Å². The molecule has 0 fully saturated rings. The molecule has 0 saturated heterocycles. The predicted octanol–water partition coefficient (Wildman–Crippen LogP) is 41.1. The first-order chi connectivity index (χ1) is 53.7. The Kier molecular flexibility index (Phi) is 93.2. The summed E-state index contributed by atoms with van der Waals surface area (Å²) in [6, 6.07) is 0. The van der Waals surface area contributed by atoms with Crippen LogP contribution in [0.4, 0.5) is 0 Å². The van der Waals surface area contributed by atoms with Gasteiger partial charge in [0.25, 0.3) is 0 Å². The van der Waals surface area contributed by atoms with Crippen LogP contribution in [0, 0.1) is 0 Å². The maximum absolute atomic E-state index is 2.37. The van der Waals surface area contributed by atoms with Crippen LogP contribution >= 0.6 is 70.6 Å². The first-order valence-electron chi connectivity index (χ1n) is 50.7. The maximum atomic E-state index is 2.37. The molecule has 0 N–H and O–H groups in total. The van der Waals surface area contributed by atoms with Crippen molar-refractivity contribution >= 4 is 70.6 Å². The Morgan fingerprint density at radius 2 is 0.157 bits per heavy atom. The van der Waals surface area contributed by atoms with E-state index in [4.69, 9.17) is 0 Å². The van der Waals surface area contributed by atoms with Crippen LogP contribution in [-0.4, -0.2) is 34.5 Å². The molecule has 0 bridgehead atoms. The van der Waals surface area contributed by atoms with E-state index in [0.717, 1.165) is 0 Å². The molecule has 1 rings (SSSR count). The van der Waals surface area contributed by atoms with Gasteiger partial charge in [0.15, 0.2) is 0 Å². The van der Waals surface area contributed by atoms with E-state index in [9.17, 15) is 0 Å². The van der Waals surface area contributed by atoms with Gasteiger partial charge in [0.2, 0.25) is 0 Å². The molecule has 0 nitrogen and oxygen atoms in total. The molecule has 0 saturated carbocycles. The lowest BCUT2D eigenvalue weighted by molar-refractivity contribution is 0.538. The second-order valence-corrected chi connectivity index (χ2v) is 41.3. The van der Waals surface area contributed by atoms with Gasteiger partial charge in [0.05, 0.1) is 0 Å². The fraction of sp³-hybridized carbons (Fsp3) is 0.941. The van der Waals surface area contributed by atoms with Crippen LogP contribution in [0.1, 0.15) is 581 Å². The number of unbranched alkanes of at least 4 members (excludes halogenated alkanes) is 78. The lowest BCUT2D eigenvalue weighted by atomic mass is 10.0. The summed E-state index contributed by atoms with van der Waals surface area (Å²) in [6.07, 6.45) is 121. The van der Waals surface area contributed by atoms with Crippen LogP contribution in [0.3, 0.4) is 0 Å². The van der Waals surface area contributed by atoms with E-state index < -0.39 is 0 Å². The van der Waals surface area contributed by atoms with E-state index in [2.05, 4.69) is 112 Å². The van der Waals surface area contributed by atoms with Crippen LogP contribution in [-0.2, 0) is 0 Å². The minimum absolute atomic E-state index is 1.30. The Morgan fingerprint density at radius 3 is 0.231 bits per heavy atom. The van der Waals surface area contributed by atoms with Gasteiger partial charge in [-0.3, -0.25) is 0 Å². The summed E-state index contributed by atoms with van der Waals surface area (Å²) >= 11 is 14.2. The standard InChI is InChI=1S/C102H198S6/c1-7-13-19-25-31-37-43-49-55-61-67-73-79-85-91-103-97-98(104-92-86-80-74-68-62-56-50-44-38-32-26-20-14-8-2)100(106-94-88-82-76-70-64-58-52-46-40-34-28-22-16-10-4)102(108-96-90-84-78-72-66-60-54-48-42-36-30-24-18-12-6)101(107-95-89-83-77-71-65-59-53-47-41-35-29-23-17-11-5)99(97)105-93-87-81-75-69-63-57-51-45-39-33-27-21-15-9-3/h7-96H2,1-6H3. The van der Waals surface area contributed by atoms with Crippen molar-refractivity contribution in [1.82, 2.24) is 0 Å². The zero-order valence-electron chi connectivity index (χ0n) is 75.1. The van der Waals surface area contributed by atoms with E-state index in [1.807, 2.05) is 0 Å². The van der Waals surface area contributed by atoms with Gasteiger partial charge in [-0.05, 0) is 73.0 Å². The van der Waals surface area contributed by atoms with Gasteiger partial charge in [0, 0.05) is 29.4 Å². The molecule has 0 heterocycles. The number of thioether (sulfide) groups is 6. The van der Waals surface area contributed by atoms with Crippen LogP contribution in [0.15, 0.2) is 29.4 Å². The Hall–Kier alpha value is 1.32. The molecule has 0 radical (unpaired) electrons. The Labute approximate surface area is 709 Å². The molecule has 0 amide bonds. The number of rotatable bonds is 96. The van der Waals surface area contributed by atoms with Crippen molar-refractivity contribution in [3.63, 3.8) is 0 Å². The molecule has 108 heavy (non-hydrogen) atoms. The molecule has 0 aliphatic carbocycles. The van der Waals surface area contributed by atoms with E-state index in [1.165, 1.54) is 574 Å². The molecular weight excluding hydrogens is 1420 g/mol. The normalized spacial score (nSPS) is 11.8. The Morgan fingerprint density at radius 1 is 0.0926 bits per heavy atom. The summed E-state index contributed by atoms with van der Waals surface area (Å²) in [4.78, 5) is 10.6. The molecule has 0 aromatic heterocycles. The van der Waals surface area contributed by atoms with Crippen molar-refractivity contribution < 1.29 is 0 Å². The molecule has 6 heteroatoms. The van der Waals surface area contributed by atoms with Crippen LogP contribution in [0.2, 0.25) is 0 Å². The highest BCUT2D eigenvalue weighted by molar-refractivity contribution is 8.06. The third-order valence-electron chi connectivity index (χ3n) is 23.7. The zero-order chi connectivity index (χ0) is 77.3. The van der Waals surface area contributed by atoms with Gasteiger partial charge >= 0.3 is 0 Å². The lowest BCUT2D eigenvalue weighted by Crippen LogP contribution is -2.01. The number of benzene rings is 1. The van der Waals surface area contributed by atoms with Crippen LogP contribution in [0.25, 0.3) is 0 Å². The zero-order valence-corrected chi connectivity index (χ0v) is 80.0. The summed E-state index contributed by atoms with van der Waals surface area (Å²) in [5.74, 6) is 7.80. The van der Waals surface area contributed by atoms with E-state index in [0.29, 0.717) is 0 Å². The maximum Gasteiger partial charge on any atom is 0.0368 e. The van der Waals surface area contributed by atoms with E-state index in [-0.39, 0.29) is 0 Å². The molecule has 1 aromatic rings. The molecule has 642 valence electrons. The van der Waals surface area contributed by atoms with Gasteiger partial charge < -0.3 is 0 Å². The van der Waals surface area contributed by atoms with E-state index in [1.54, 1.807) is 29.4 Å². The fourth-order valence-electron chi connectivity index (χ4n) is 16.2. The average molecular weight is 1620 g/mol. The number of hydrogen-bond donors (Lipinski definition) is 0. The van der Waals surface area contributed by atoms with Crippen LogP contribution < -0.4 is 0 Å². The van der Waals surface area contributed by atoms with Gasteiger partial charge in [0.1, 0.15) is 0 Å². The van der Waals surface area contributed by atoms with Gasteiger partial charge in [-0.25, -0.2) is 0 Å². The minimum Gasteiger partial charge on any atom is -0.124 e. The van der Waals surface area contributed by atoms with Crippen LogP contribution in [0.5, 0.6) is 0 Å². The van der Waals surface area contributed by atoms with Crippen molar-refractivity contribution in [3.05, 3.63) is 0 Å². The van der Waals surface area contributed by atoms with Gasteiger partial charge in [-0.15, -0.1) is 70.6 Å². The SMILES string of the molecule is CCCCCCCCCCCCCCCCSc1c(SCCCCCCCCCCCCCCCC)c(SCCCCCCCCCCCCCCCC)c(SCCCCCCCCCCCCCCCC)c(SCCCCCCCCCCCCCCCC)c1SCCCCCCCCCCCCCCCC. The van der Waals surface area contributed by atoms with E-state index >= 15 is 0 Å². The van der Waals surface area contributed by atoms with Crippen molar-refractivity contribution in [1.29, 1.82) is 0 Å². The second-order valence-electron chi connectivity index (χ2n) is 34.6. The highest BCUT2D eigenvalue weighted by Crippen LogP contribution is 2.55. The molecule has 0 unspecified atom stereocenters. The third kappa shape index (κ3) is 74.8. The monoisotopic (exact) mass is 1620 g/mol. The smallest absolute Gasteiger partial charge is 0.0368 e. The molecule has 0 aliphatic heterocycles. The Balaban J connectivity index is 3.70. The fourth-order valence-corrected chi connectivity index (χ4v) is 24.9. The highest BCUT2D eigenvalue weighted by Gasteiger charge is 2.27. The van der Waals surface area contributed by atoms with Crippen molar-refractivity contribution in [2.24, 2.45) is 0 Å². The predicted molar refractivity (Wildman–Crippen MR) is 513 cm³/mol. The molecule has 0 atom stereocenters. The first kappa shape index (κ1) is 107. The minimum atomic E-state index is 1.30. The summed E-state index contributed by atoms with van der Waals surface area (Å²) in [7, 11) is 0. The Bertz CT molecular complexity index is 1480. The summed E-state index contributed by atoms with van der Waals surface area (Å²) in [6.45, 7) is 14.1. The van der Waals surface area contributed by atoms with Gasteiger partial charge in [-0.1, -0.05) is 542 Å². The second kappa shape index (κ2) is 93.8. The highest BCUT2D eigenvalue weighted by atomic mass is 32.2. The molecular formula is C102H198S6. The summed E-state index contributed by atoms with van der Waals surface area (Å²) < 4.78 is 0. The van der Waals surface area contributed by atoms with Crippen molar-refractivity contribution in [2.45, 2.75) is 610 Å². The molecule has 1 aromatic carbocycles. The quantitative estimate of drug-likeness (QED) is 0.0468. The first-order valence-corrected chi connectivity index (χ1v) is 56.6. The largest absolute Gasteiger partial charge is 0.124 e. The van der Waals surface area contributed by atoms with Crippen molar-refractivity contribution in [3.8, 4) is 0 Å².